The monoisotopic (exact) mass is 786 g/mol. The Morgan fingerprint density at radius 1 is 0.911 bits per heavy atom. The molecule has 5 atom stereocenters. The number of carbonyl (C=O) groups is 7. The van der Waals surface area contributed by atoms with Crippen LogP contribution in [-0.2, 0) is 49.6 Å². The lowest BCUT2D eigenvalue weighted by atomic mass is 9.83. The van der Waals surface area contributed by atoms with Crippen LogP contribution in [0.25, 0.3) is 0 Å². The first-order chi connectivity index (χ1) is 26.5. The number of hydrogen-bond donors (Lipinski definition) is 5. The smallest absolute Gasteiger partial charge is 0.407 e. The van der Waals surface area contributed by atoms with Gasteiger partial charge in [-0.05, 0) is 57.4 Å². The molecule has 0 spiro atoms. The minimum absolute atomic E-state index is 0.0603. The summed E-state index contributed by atoms with van der Waals surface area (Å²) < 4.78 is 17.1. The number of alkyl carbamates (subject to hydrolysis) is 1. The average molecular weight is 787 g/mol. The van der Waals surface area contributed by atoms with E-state index in [1.807, 2.05) is 44.2 Å². The fourth-order valence-electron chi connectivity index (χ4n) is 6.64. The van der Waals surface area contributed by atoms with Gasteiger partial charge in [-0.3, -0.25) is 28.8 Å². The van der Waals surface area contributed by atoms with Crippen LogP contribution in [0.4, 0.5) is 4.79 Å². The average Bonchev–Trinajstić information content (AvgIpc) is 3.60. The van der Waals surface area contributed by atoms with Crippen molar-refractivity contribution in [2.75, 3.05) is 26.3 Å². The summed E-state index contributed by atoms with van der Waals surface area (Å²) in [6.45, 7) is 10.5. The zero-order valence-corrected chi connectivity index (χ0v) is 33.7. The Balaban J connectivity index is 1.76. The van der Waals surface area contributed by atoms with Crippen molar-refractivity contribution < 1.29 is 47.8 Å². The van der Waals surface area contributed by atoms with Gasteiger partial charge < -0.3 is 46.1 Å². The third kappa shape index (κ3) is 15.2. The van der Waals surface area contributed by atoms with Gasteiger partial charge in [-0.15, -0.1) is 0 Å². The van der Waals surface area contributed by atoms with Crippen LogP contribution in [-0.4, -0.2) is 108 Å². The number of Topliss-reactive ketones (excluding diaryl/α,β-unsaturated/α-hetero) is 1. The van der Waals surface area contributed by atoms with Gasteiger partial charge >= 0.3 is 6.09 Å². The molecule has 1 aromatic rings. The van der Waals surface area contributed by atoms with E-state index in [4.69, 9.17) is 19.9 Å². The standard InChI is InChI=1S/C40H62N6O10/c1-7-14-29(34(48)37(51)42-20-32(47)43-30(35(41)49)24-56-40(4,5)6)44-36(50)31-19-28(54-23-26-15-10-8-11-16-26)21-46(31)38(52)33(27-17-12-9-13-18-27)45-39(53)55-22-25(2)3/h8,10-11,15-16,25,27-31,33H,7,9,12-14,17-24H2,1-6H3,(H2,41,49)(H,42,51)(H,43,47)(H,44,50)(H,45,53)/t28-,29?,30?,31+,33?/m1/s1. The zero-order valence-electron chi connectivity index (χ0n) is 33.7. The van der Waals surface area contributed by atoms with Gasteiger partial charge in [0, 0.05) is 13.0 Å². The van der Waals surface area contributed by atoms with Gasteiger partial charge in [0.2, 0.25) is 29.4 Å². The maximum absolute atomic E-state index is 14.5. The Hall–Kier alpha value is -4.57. The summed E-state index contributed by atoms with van der Waals surface area (Å²) >= 11 is 0. The van der Waals surface area contributed by atoms with Crippen LogP contribution < -0.4 is 27.0 Å². The van der Waals surface area contributed by atoms with Gasteiger partial charge in [-0.25, -0.2) is 4.79 Å². The summed E-state index contributed by atoms with van der Waals surface area (Å²) in [7, 11) is 0. The van der Waals surface area contributed by atoms with E-state index in [1.54, 1.807) is 27.7 Å². The summed E-state index contributed by atoms with van der Waals surface area (Å²) in [6, 6.07) is 4.99. The van der Waals surface area contributed by atoms with Gasteiger partial charge in [0.05, 0.1) is 44.1 Å². The van der Waals surface area contributed by atoms with E-state index in [1.165, 1.54) is 4.90 Å². The number of primary amides is 1. The SMILES string of the molecule is CCCC(NC(=O)[C@@H]1C[C@@H](OCc2ccccc2)CN1C(=O)C(NC(=O)OCC(C)C)C1CCCCC1)C(=O)C(=O)NCC(=O)NC(COC(C)(C)C)C(N)=O. The lowest BCUT2D eigenvalue weighted by molar-refractivity contribution is -0.143. The summed E-state index contributed by atoms with van der Waals surface area (Å²) in [5.74, 6) is -4.92. The zero-order chi connectivity index (χ0) is 41.4. The van der Waals surface area contributed by atoms with Gasteiger partial charge in [-0.1, -0.05) is 76.8 Å². The number of nitrogens with zero attached hydrogens (tertiary/aromatic N) is 1. The van der Waals surface area contributed by atoms with Crippen LogP contribution in [0, 0.1) is 11.8 Å². The number of carbonyl (C=O) groups excluding carboxylic acids is 7. The Labute approximate surface area is 330 Å². The minimum atomic E-state index is -1.27. The second-order valence-corrected chi connectivity index (χ2v) is 16.0. The Morgan fingerprint density at radius 2 is 1.59 bits per heavy atom. The second kappa shape index (κ2) is 22.2. The maximum atomic E-state index is 14.5. The molecule has 2 fully saturated rings. The number of likely N-dealkylation sites (tertiary alicyclic amines) is 1. The lowest BCUT2D eigenvalue weighted by Gasteiger charge is -2.34. The Morgan fingerprint density at radius 3 is 2.20 bits per heavy atom. The molecule has 16 nitrogen and oxygen atoms in total. The van der Waals surface area contributed by atoms with E-state index in [9.17, 15) is 33.6 Å². The normalized spacial score (nSPS) is 19.0. The molecule has 3 unspecified atom stereocenters. The molecule has 1 aliphatic carbocycles. The van der Waals surface area contributed by atoms with Crippen LogP contribution in [0.15, 0.2) is 30.3 Å². The number of nitrogens with one attached hydrogen (secondary N) is 4. The molecule has 1 saturated carbocycles. The molecule has 0 radical (unpaired) electrons. The highest BCUT2D eigenvalue weighted by Crippen LogP contribution is 2.30. The largest absolute Gasteiger partial charge is 0.449 e. The fraction of sp³-hybridized carbons (Fsp3) is 0.675. The van der Waals surface area contributed by atoms with Crippen LogP contribution in [0.5, 0.6) is 0 Å². The van der Waals surface area contributed by atoms with E-state index in [0.717, 1.165) is 24.8 Å². The number of benzene rings is 1. The molecule has 0 aromatic heterocycles. The molecule has 6 N–H and O–H groups in total. The molecular formula is C40H62N6O10. The van der Waals surface area contributed by atoms with E-state index in [2.05, 4.69) is 21.3 Å². The molecule has 1 saturated heterocycles. The molecule has 0 bridgehead atoms. The minimum Gasteiger partial charge on any atom is -0.449 e. The van der Waals surface area contributed by atoms with E-state index in [-0.39, 0.29) is 51.0 Å². The number of ketones is 1. The predicted octanol–water partition coefficient (Wildman–Crippen LogP) is 2.26. The molecule has 16 heteroatoms. The predicted molar refractivity (Wildman–Crippen MR) is 207 cm³/mol. The fourth-order valence-corrected chi connectivity index (χ4v) is 6.64. The summed E-state index contributed by atoms with van der Waals surface area (Å²) in [4.78, 5) is 93.8. The molecule has 1 heterocycles. The molecule has 56 heavy (non-hydrogen) atoms. The summed E-state index contributed by atoms with van der Waals surface area (Å²) in [5.41, 5.74) is 5.70. The topological polar surface area (TPSA) is 225 Å². The maximum Gasteiger partial charge on any atom is 0.407 e. The second-order valence-electron chi connectivity index (χ2n) is 16.0. The van der Waals surface area contributed by atoms with Crippen molar-refractivity contribution in [1.29, 1.82) is 0 Å². The van der Waals surface area contributed by atoms with Crippen molar-refractivity contribution in [3.63, 3.8) is 0 Å². The van der Waals surface area contributed by atoms with Crippen molar-refractivity contribution in [2.24, 2.45) is 17.6 Å². The highest BCUT2D eigenvalue weighted by Gasteiger charge is 2.45. The number of hydrogen-bond acceptors (Lipinski definition) is 10. The van der Waals surface area contributed by atoms with Gasteiger partial charge in [0.15, 0.2) is 0 Å². The van der Waals surface area contributed by atoms with E-state index < -0.39 is 83.8 Å². The third-order valence-corrected chi connectivity index (χ3v) is 9.59. The molecular weight excluding hydrogens is 724 g/mol. The van der Waals surface area contributed by atoms with Gasteiger partial charge in [0.25, 0.3) is 5.91 Å². The first kappa shape index (κ1) is 45.8. The van der Waals surface area contributed by atoms with Crippen LogP contribution in [0.1, 0.15) is 98.5 Å². The quantitative estimate of drug-likeness (QED) is 0.121. The van der Waals surface area contributed by atoms with Crippen molar-refractivity contribution in [3.8, 4) is 0 Å². The molecule has 1 aliphatic heterocycles. The molecule has 2 aliphatic rings. The number of nitrogens with two attached hydrogens (primary N) is 1. The van der Waals surface area contributed by atoms with Gasteiger partial charge in [-0.2, -0.15) is 0 Å². The van der Waals surface area contributed by atoms with Gasteiger partial charge in [0.1, 0.15) is 18.1 Å². The van der Waals surface area contributed by atoms with Crippen LogP contribution >= 0.6 is 0 Å². The van der Waals surface area contributed by atoms with Crippen molar-refractivity contribution in [3.05, 3.63) is 35.9 Å². The Kier molecular flexibility index (Phi) is 18.2. The third-order valence-electron chi connectivity index (χ3n) is 9.59. The molecule has 6 amide bonds. The number of ether oxygens (including phenoxy) is 3. The number of amides is 6. The van der Waals surface area contributed by atoms with Crippen molar-refractivity contribution >= 4 is 41.4 Å². The first-order valence-corrected chi connectivity index (χ1v) is 19.7. The Bertz CT molecular complexity index is 1490. The van der Waals surface area contributed by atoms with E-state index >= 15 is 0 Å². The molecule has 3 rings (SSSR count). The molecule has 312 valence electrons. The lowest BCUT2D eigenvalue weighted by Crippen LogP contribution is -2.58. The summed E-state index contributed by atoms with van der Waals surface area (Å²) in [6.07, 6.45) is 3.61. The highest BCUT2D eigenvalue weighted by atomic mass is 16.5. The van der Waals surface area contributed by atoms with Crippen molar-refractivity contribution in [1.82, 2.24) is 26.2 Å². The van der Waals surface area contributed by atoms with E-state index in [0.29, 0.717) is 19.3 Å². The number of rotatable bonds is 20. The van der Waals surface area contributed by atoms with Crippen molar-refractivity contribution in [2.45, 2.75) is 135 Å². The highest BCUT2D eigenvalue weighted by molar-refractivity contribution is 6.38. The first-order valence-electron chi connectivity index (χ1n) is 19.7. The van der Waals surface area contributed by atoms with Crippen LogP contribution in [0.2, 0.25) is 0 Å². The van der Waals surface area contributed by atoms with Crippen LogP contribution in [0.3, 0.4) is 0 Å². The summed E-state index contributed by atoms with van der Waals surface area (Å²) in [5, 5.41) is 10.1. The molecule has 1 aromatic carbocycles.